The van der Waals surface area contributed by atoms with Crippen molar-refractivity contribution in [2.24, 2.45) is 5.73 Å². The second-order valence-electron chi connectivity index (χ2n) is 4.77. The summed E-state index contributed by atoms with van der Waals surface area (Å²) in [4.78, 5) is 30.4. The molecule has 0 aliphatic rings. The Balaban J connectivity index is 0.000000351. The smallest absolute Gasteiger partial charge is 0.310 e. The average Bonchev–Trinajstić information content (AvgIpc) is 2.44. The quantitative estimate of drug-likeness (QED) is 0.552. The van der Waals surface area contributed by atoms with Gasteiger partial charge in [0.2, 0.25) is 5.91 Å². The van der Waals surface area contributed by atoms with E-state index in [9.17, 15) is 22.8 Å². The summed E-state index contributed by atoms with van der Waals surface area (Å²) in [5.41, 5.74) is 5.40. The normalized spacial score (nSPS) is 10.6. The molecule has 2 rings (SSSR count). The van der Waals surface area contributed by atoms with Gasteiger partial charge in [-0.15, -0.1) is 0 Å². The van der Waals surface area contributed by atoms with Gasteiger partial charge in [-0.2, -0.15) is 8.42 Å². The Labute approximate surface area is 137 Å². The van der Waals surface area contributed by atoms with E-state index in [-0.39, 0.29) is 28.0 Å². The highest BCUT2D eigenvalue weighted by molar-refractivity contribution is 7.86. The van der Waals surface area contributed by atoms with Crippen LogP contribution in [0.4, 0.5) is 0 Å². The number of primary amides is 1. The molecular formula is C15H15NO7S. The van der Waals surface area contributed by atoms with E-state index in [0.717, 1.165) is 0 Å². The van der Waals surface area contributed by atoms with Crippen LogP contribution in [0.15, 0.2) is 41.3 Å². The number of carboxylic acid groups (broad SMARTS) is 1. The van der Waals surface area contributed by atoms with E-state index in [1.165, 1.54) is 37.3 Å². The highest BCUT2D eigenvalue weighted by atomic mass is 32.2. The van der Waals surface area contributed by atoms with Crippen LogP contribution in [0.5, 0.6) is 0 Å². The highest BCUT2D eigenvalue weighted by Gasteiger charge is 2.15. The molecule has 0 aromatic heterocycles. The maximum atomic E-state index is 11.2. The van der Waals surface area contributed by atoms with Gasteiger partial charge in [0.25, 0.3) is 10.1 Å². The zero-order valence-electron chi connectivity index (χ0n) is 12.6. The summed E-state index contributed by atoms with van der Waals surface area (Å²) in [5, 5.41) is 8.53. The van der Waals surface area contributed by atoms with Crippen molar-refractivity contribution in [2.75, 3.05) is 0 Å². The van der Waals surface area contributed by atoms with Crippen molar-refractivity contribution in [3.63, 3.8) is 0 Å². The fourth-order valence-electron chi connectivity index (χ4n) is 1.93. The topological polar surface area (TPSA) is 152 Å². The number of hydrogen-bond acceptors (Lipinski definition) is 5. The molecule has 0 radical (unpaired) electrons. The van der Waals surface area contributed by atoms with Gasteiger partial charge < -0.3 is 10.8 Å². The van der Waals surface area contributed by atoms with E-state index < -0.39 is 22.0 Å². The van der Waals surface area contributed by atoms with Crippen LogP contribution in [-0.2, 0) is 19.7 Å². The molecule has 1 amide bonds. The van der Waals surface area contributed by atoms with Crippen molar-refractivity contribution in [1.29, 1.82) is 0 Å². The molecule has 0 aliphatic heterocycles. The number of rotatable bonds is 4. The molecule has 0 saturated heterocycles. The minimum absolute atomic E-state index is 0.216. The second-order valence-corrected chi connectivity index (χ2v) is 6.16. The molecule has 0 bridgehead atoms. The van der Waals surface area contributed by atoms with E-state index in [1.54, 1.807) is 6.07 Å². The van der Waals surface area contributed by atoms with E-state index in [4.69, 9.17) is 15.4 Å². The van der Waals surface area contributed by atoms with Crippen LogP contribution >= 0.6 is 0 Å². The number of aliphatic carboxylic acids is 1. The lowest BCUT2D eigenvalue weighted by molar-refractivity contribution is -0.139. The lowest BCUT2D eigenvalue weighted by atomic mass is 10.0. The molecule has 128 valence electrons. The largest absolute Gasteiger partial charge is 0.481 e. The van der Waals surface area contributed by atoms with Crippen LogP contribution in [0.25, 0.3) is 10.8 Å². The number of carbonyl (C=O) groups excluding carboxylic acids is 2. The molecule has 0 aliphatic carbocycles. The van der Waals surface area contributed by atoms with Gasteiger partial charge in [0.15, 0.2) is 0 Å². The SMILES string of the molecule is CC(=O)CC(=O)O.NC(=O)c1cccc2c(S(=O)(=O)O)cccc12. The van der Waals surface area contributed by atoms with Gasteiger partial charge in [-0.05, 0) is 24.4 Å². The van der Waals surface area contributed by atoms with Gasteiger partial charge >= 0.3 is 5.97 Å². The zero-order valence-corrected chi connectivity index (χ0v) is 13.4. The third-order valence-corrected chi connectivity index (χ3v) is 3.74. The van der Waals surface area contributed by atoms with Crippen LogP contribution in [0.1, 0.15) is 23.7 Å². The average molecular weight is 353 g/mol. The number of nitrogens with two attached hydrogens (primary N) is 1. The van der Waals surface area contributed by atoms with Crippen LogP contribution in [0.2, 0.25) is 0 Å². The number of carboxylic acids is 1. The lowest BCUT2D eigenvalue weighted by Crippen LogP contribution is -2.11. The third kappa shape index (κ3) is 5.14. The van der Waals surface area contributed by atoms with Crippen LogP contribution in [0.3, 0.4) is 0 Å². The molecule has 2 aromatic rings. The van der Waals surface area contributed by atoms with E-state index in [2.05, 4.69) is 0 Å². The molecule has 24 heavy (non-hydrogen) atoms. The minimum Gasteiger partial charge on any atom is -0.481 e. The fraction of sp³-hybridized carbons (Fsp3) is 0.133. The molecule has 0 heterocycles. The van der Waals surface area contributed by atoms with Crippen LogP contribution in [-0.4, -0.2) is 35.7 Å². The van der Waals surface area contributed by atoms with Crippen molar-refractivity contribution < 1.29 is 32.5 Å². The molecule has 0 saturated carbocycles. The Hall–Kier alpha value is -2.78. The molecule has 2 aromatic carbocycles. The minimum atomic E-state index is -4.32. The molecule has 0 fully saturated rings. The standard InChI is InChI=1S/C11H9NO4S.C4H6O3/c12-11(13)9-5-1-4-8-7(9)3-2-6-10(8)17(14,15)16;1-3(5)2-4(6)7/h1-6H,(H2,12,13)(H,14,15,16);2H2,1H3,(H,6,7). The van der Waals surface area contributed by atoms with Gasteiger partial charge in [-0.3, -0.25) is 18.9 Å². The summed E-state index contributed by atoms with van der Waals surface area (Å²) in [5.74, 6) is -2.02. The first-order valence-electron chi connectivity index (χ1n) is 6.54. The molecule has 9 heteroatoms. The summed E-state index contributed by atoms with van der Waals surface area (Å²) >= 11 is 0. The first-order chi connectivity index (χ1) is 11.0. The summed E-state index contributed by atoms with van der Waals surface area (Å²) in [6.07, 6.45) is -0.361. The molecule has 0 spiro atoms. The van der Waals surface area contributed by atoms with Crippen molar-refractivity contribution >= 4 is 38.6 Å². The number of amides is 1. The van der Waals surface area contributed by atoms with Gasteiger partial charge in [0, 0.05) is 10.9 Å². The zero-order chi connectivity index (χ0) is 18.5. The third-order valence-electron chi connectivity index (χ3n) is 2.83. The second kappa shape index (κ2) is 7.66. The molecule has 0 atom stereocenters. The van der Waals surface area contributed by atoms with E-state index in [0.29, 0.717) is 5.39 Å². The number of Topliss-reactive ketones (excluding diaryl/α,β-unsaturated/α-hetero) is 1. The first-order valence-corrected chi connectivity index (χ1v) is 7.98. The molecule has 4 N–H and O–H groups in total. The number of benzene rings is 2. The maximum absolute atomic E-state index is 11.2. The van der Waals surface area contributed by atoms with Gasteiger partial charge in [0.1, 0.15) is 17.1 Å². The van der Waals surface area contributed by atoms with Crippen molar-refractivity contribution in [1.82, 2.24) is 0 Å². The number of carbonyl (C=O) groups is 3. The number of hydrogen-bond donors (Lipinski definition) is 3. The van der Waals surface area contributed by atoms with E-state index >= 15 is 0 Å². The predicted molar refractivity (Wildman–Crippen MR) is 85.2 cm³/mol. The Morgan fingerprint density at radius 1 is 1.04 bits per heavy atom. The Morgan fingerprint density at radius 3 is 2.00 bits per heavy atom. The Kier molecular flexibility index (Phi) is 6.15. The highest BCUT2D eigenvalue weighted by Crippen LogP contribution is 2.25. The molecule has 0 unspecified atom stereocenters. The van der Waals surface area contributed by atoms with Crippen LogP contribution in [0, 0.1) is 0 Å². The first kappa shape index (κ1) is 19.3. The summed E-state index contributed by atoms with van der Waals surface area (Å²) in [6.45, 7) is 1.24. The van der Waals surface area contributed by atoms with E-state index in [1.807, 2.05) is 0 Å². The van der Waals surface area contributed by atoms with Crippen molar-refractivity contribution in [3.05, 3.63) is 42.0 Å². The van der Waals surface area contributed by atoms with Gasteiger partial charge in [0.05, 0.1) is 0 Å². The number of fused-ring (bicyclic) bond motifs is 1. The van der Waals surface area contributed by atoms with Crippen LogP contribution < -0.4 is 5.73 Å². The van der Waals surface area contributed by atoms with Crippen molar-refractivity contribution in [2.45, 2.75) is 18.2 Å². The predicted octanol–water partition coefficient (Wildman–Crippen LogP) is 1.24. The van der Waals surface area contributed by atoms with Gasteiger partial charge in [-0.25, -0.2) is 0 Å². The van der Waals surface area contributed by atoms with Gasteiger partial charge in [-0.1, -0.05) is 24.3 Å². The fourth-order valence-corrected chi connectivity index (χ4v) is 2.64. The Bertz CT molecular complexity index is 891. The summed E-state index contributed by atoms with van der Waals surface area (Å²) in [6, 6.07) is 8.80. The monoisotopic (exact) mass is 353 g/mol. The molecule has 8 nitrogen and oxygen atoms in total. The number of ketones is 1. The summed E-state index contributed by atoms with van der Waals surface area (Å²) < 4.78 is 31.4. The Morgan fingerprint density at radius 2 is 1.58 bits per heavy atom. The summed E-state index contributed by atoms with van der Waals surface area (Å²) in [7, 11) is -4.32. The van der Waals surface area contributed by atoms with Crippen molar-refractivity contribution in [3.8, 4) is 0 Å². The maximum Gasteiger partial charge on any atom is 0.310 e. The lowest BCUT2D eigenvalue weighted by Gasteiger charge is -2.06. The molecular weight excluding hydrogens is 338 g/mol.